The highest BCUT2D eigenvalue weighted by molar-refractivity contribution is 5.95. The second kappa shape index (κ2) is 8.34. The summed E-state index contributed by atoms with van der Waals surface area (Å²) in [4.78, 5) is 19.1. The molecule has 7 nitrogen and oxygen atoms in total. The van der Waals surface area contributed by atoms with Crippen molar-refractivity contribution in [2.75, 3.05) is 26.3 Å². The van der Waals surface area contributed by atoms with Gasteiger partial charge in [0.1, 0.15) is 0 Å². The fourth-order valence-electron chi connectivity index (χ4n) is 3.27. The van der Waals surface area contributed by atoms with Crippen LogP contribution in [-0.4, -0.2) is 47.3 Å². The first-order valence-corrected chi connectivity index (χ1v) is 9.77. The van der Waals surface area contributed by atoms with E-state index in [0.29, 0.717) is 55.1 Å². The third kappa shape index (κ3) is 3.94. The number of nitrogens with zero attached hydrogens (tertiary/aromatic N) is 3. The predicted octanol–water partition coefficient (Wildman–Crippen LogP) is 3.77. The van der Waals surface area contributed by atoms with Crippen LogP contribution in [-0.2, 0) is 0 Å². The first kappa shape index (κ1) is 19.0. The normalized spacial score (nSPS) is 13.8. The van der Waals surface area contributed by atoms with Gasteiger partial charge in [-0.2, -0.15) is 4.98 Å². The van der Waals surface area contributed by atoms with E-state index < -0.39 is 0 Å². The van der Waals surface area contributed by atoms with Crippen LogP contribution < -0.4 is 9.47 Å². The Labute approximate surface area is 169 Å². The molecule has 29 heavy (non-hydrogen) atoms. The Hall–Kier alpha value is -3.35. The Morgan fingerprint density at radius 3 is 2.52 bits per heavy atom. The number of carbonyl (C=O) groups is 1. The van der Waals surface area contributed by atoms with Crippen molar-refractivity contribution in [2.24, 2.45) is 0 Å². The van der Waals surface area contributed by atoms with Crippen LogP contribution in [0, 0.1) is 0 Å². The quantitative estimate of drug-likeness (QED) is 0.608. The minimum Gasteiger partial charge on any atom is -0.490 e. The number of hydrogen-bond donors (Lipinski definition) is 0. The first-order chi connectivity index (χ1) is 14.2. The molecule has 0 saturated carbocycles. The van der Waals surface area contributed by atoms with Gasteiger partial charge in [-0.15, -0.1) is 0 Å². The molecule has 7 heteroatoms. The van der Waals surface area contributed by atoms with Crippen LogP contribution in [0.4, 0.5) is 0 Å². The largest absolute Gasteiger partial charge is 0.490 e. The molecule has 0 spiro atoms. The highest BCUT2D eigenvalue weighted by Gasteiger charge is 2.36. The minimum atomic E-state index is -0.0481. The van der Waals surface area contributed by atoms with Gasteiger partial charge < -0.3 is 18.9 Å². The highest BCUT2D eigenvalue weighted by Crippen LogP contribution is 2.32. The van der Waals surface area contributed by atoms with E-state index in [2.05, 4.69) is 10.1 Å². The zero-order chi connectivity index (χ0) is 20.2. The van der Waals surface area contributed by atoms with Crippen molar-refractivity contribution in [3.8, 4) is 22.9 Å². The van der Waals surface area contributed by atoms with E-state index in [9.17, 15) is 4.79 Å². The summed E-state index contributed by atoms with van der Waals surface area (Å²) >= 11 is 0. The molecule has 1 amide bonds. The Morgan fingerprint density at radius 1 is 1.07 bits per heavy atom. The van der Waals surface area contributed by atoms with Gasteiger partial charge in [-0.05, 0) is 32.0 Å². The molecule has 0 aliphatic carbocycles. The molecule has 3 aromatic rings. The standard InChI is InChI=1S/C22H23N3O4/c1-3-27-18-11-10-16(12-19(18)28-4-2)22(26)25-13-17(14-25)21-23-20(24-29-21)15-8-6-5-7-9-15/h5-12,17H,3-4,13-14H2,1-2H3. The van der Waals surface area contributed by atoms with Crippen LogP contribution in [0.3, 0.4) is 0 Å². The van der Waals surface area contributed by atoms with Gasteiger partial charge in [-0.3, -0.25) is 4.79 Å². The van der Waals surface area contributed by atoms with Crippen LogP contribution in [0.1, 0.15) is 36.0 Å². The van der Waals surface area contributed by atoms with Crippen molar-refractivity contribution >= 4 is 5.91 Å². The lowest BCUT2D eigenvalue weighted by Gasteiger charge is -2.37. The van der Waals surface area contributed by atoms with Crippen molar-refractivity contribution in [3.63, 3.8) is 0 Å². The van der Waals surface area contributed by atoms with E-state index in [4.69, 9.17) is 14.0 Å². The monoisotopic (exact) mass is 393 g/mol. The third-order valence-electron chi connectivity index (χ3n) is 4.78. The Morgan fingerprint density at radius 2 is 1.79 bits per heavy atom. The second-order valence-electron chi connectivity index (χ2n) is 6.76. The molecular weight excluding hydrogens is 370 g/mol. The maximum absolute atomic E-state index is 12.8. The van der Waals surface area contributed by atoms with Gasteiger partial charge in [0.2, 0.25) is 11.7 Å². The van der Waals surface area contributed by atoms with Crippen molar-refractivity contribution in [3.05, 3.63) is 60.0 Å². The third-order valence-corrected chi connectivity index (χ3v) is 4.78. The number of amides is 1. The molecule has 1 aliphatic rings. The Balaban J connectivity index is 1.41. The van der Waals surface area contributed by atoms with E-state index in [1.807, 2.05) is 44.2 Å². The molecule has 0 bridgehead atoms. The molecule has 0 atom stereocenters. The molecule has 4 rings (SSSR count). The van der Waals surface area contributed by atoms with E-state index in [1.165, 1.54) is 0 Å². The molecule has 1 fully saturated rings. The summed E-state index contributed by atoms with van der Waals surface area (Å²) in [7, 11) is 0. The molecular formula is C22H23N3O4. The lowest BCUT2D eigenvalue weighted by atomic mass is 9.98. The molecule has 0 unspecified atom stereocenters. The molecule has 150 valence electrons. The summed E-state index contributed by atoms with van der Waals surface area (Å²) in [5.74, 6) is 2.37. The number of rotatable bonds is 7. The lowest BCUT2D eigenvalue weighted by Crippen LogP contribution is -2.48. The van der Waals surface area contributed by atoms with E-state index in [0.717, 1.165) is 5.56 Å². The first-order valence-electron chi connectivity index (χ1n) is 9.77. The van der Waals surface area contributed by atoms with E-state index >= 15 is 0 Å². The number of carbonyl (C=O) groups excluding carboxylic acids is 1. The SMILES string of the molecule is CCOc1ccc(C(=O)N2CC(c3nc(-c4ccccc4)no3)C2)cc1OCC. The fraction of sp³-hybridized carbons (Fsp3) is 0.318. The van der Waals surface area contributed by atoms with Crippen molar-refractivity contribution in [1.29, 1.82) is 0 Å². The maximum Gasteiger partial charge on any atom is 0.254 e. The van der Waals surface area contributed by atoms with E-state index in [1.54, 1.807) is 23.1 Å². The van der Waals surface area contributed by atoms with Crippen LogP contribution in [0.5, 0.6) is 11.5 Å². The van der Waals surface area contributed by atoms with Gasteiger partial charge >= 0.3 is 0 Å². The highest BCUT2D eigenvalue weighted by atomic mass is 16.5. The smallest absolute Gasteiger partial charge is 0.254 e. The van der Waals surface area contributed by atoms with Crippen LogP contribution in [0.2, 0.25) is 0 Å². The summed E-state index contributed by atoms with van der Waals surface area (Å²) < 4.78 is 16.6. The van der Waals surface area contributed by atoms with Crippen molar-refractivity contribution < 1.29 is 18.8 Å². The number of hydrogen-bond acceptors (Lipinski definition) is 6. The van der Waals surface area contributed by atoms with Gasteiger partial charge in [0.05, 0.1) is 19.1 Å². The van der Waals surface area contributed by atoms with Gasteiger partial charge in [-0.1, -0.05) is 35.5 Å². The Kier molecular flexibility index (Phi) is 5.46. The lowest BCUT2D eigenvalue weighted by molar-refractivity contribution is 0.0568. The average Bonchev–Trinajstić information content (AvgIpc) is 3.19. The molecule has 1 saturated heterocycles. The number of ether oxygens (including phenoxy) is 2. The predicted molar refractivity (Wildman–Crippen MR) is 107 cm³/mol. The summed E-state index contributed by atoms with van der Waals surface area (Å²) in [6.45, 7) is 5.95. The van der Waals surface area contributed by atoms with Gasteiger partial charge in [0, 0.05) is 24.2 Å². The van der Waals surface area contributed by atoms with Crippen LogP contribution in [0.15, 0.2) is 53.1 Å². The van der Waals surface area contributed by atoms with E-state index in [-0.39, 0.29) is 11.8 Å². The molecule has 0 radical (unpaired) electrons. The average molecular weight is 393 g/mol. The van der Waals surface area contributed by atoms with Gasteiger partial charge in [-0.25, -0.2) is 0 Å². The summed E-state index contributed by atoms with van der Waals surface area (Å²) in [6, 6.07) is 15.0. The topological polar surface area (TPSA) is 77.7 Å². The van der Waals surface area contributed by atoms with Crippen LogP contribution >= 0.6 is 0 Å². The molecule has 2 heterocycles. The van der Waals surface area contributed by atoms with Gasteiger partial charge in [0.25, 0.3) is 5.91 Å². The van der Waals surface area contributed by atoms with Crippen LogP contribution in [0.25, 0.3) is 11.4 Å². The molecule has 2 aromatic carbocycles. The summed E-state index contributed by atoms with van der Waals surface area (Å²) in [6.07, 6.45) is 0. The molecule has 1 aromatic heterocycles. The number of benzene rings is 2. The summed E-state index contributed by atoms with van der Waals surface area (Å²) in [5, 5.41) is 4.06. The van der Waals surface area contributed by atoms with Gasteiger partial charge in [0.15, 0.2) is 11.5 Å². The summed E-state index contributed by atoms with van der Waals surface area (Å²) in [5.41, 5.74) is 1.48. The van der Waals surface area contributed by atoms with Crippen molar-refractivity contribution in [2.45, 2.75) is 19.8 Å². The zero-order valence-electron chi connectivity index (χ0n) is 16.5. The molecule has 0 N–H and O–H groups in total. The molecule has 1 aliphatic heterocycles. The fourth-order valence-corrected chi connectivity index (χ4v) is 3.27. The number of likely N-dealkylation sites (tertiary alicyclic amines) is 1. The Bertz CT molecular complexity index is 981. The second-order valence-corrected chi connectivity index (χ2v) is 6.76. The zero-order valence-corrected chi connectivity index (χ0v) is 16.5. The minimum absolute atomic E-state index is 0.0481. The maximum atomic E-state index is 12.8. The number of aromatic nitrogens is 2. The van der Waals surface area contributed by atoms with Crippen molar-refractivity contribution in [1.82, 2.24) is 15.0 Å².